The number of halogens is 4. The van der Waals surface area contributed by atoms with Crippen LogP contribution in [0.5, 0.6) is 0 Å². The van der Waals surface area contributed by atoms with E-state index in [1.807, 2.05) is 0 Å². The minimum Gasteiger partial charge on any atom is -0.314 e. The summed E-state index contributed by atoms with van der Waals surface area (Å²) in [4.78, 5) is 2.63. The van der Waals surface area contributed by atoms with E-state index in [-0.39, 0.29) is 24.8 Å². The van der Waals surface area contributed by atoms with Gasteiger partial charge in [-0.3, -0.25) is 4.90 Å². The molecule has 2 nitrogen and oxygen atoms in total. The van der Waals surface area contributed by atoms with E-state index in [1.54, 1.807) is 0 Å². The van der Waals surface area contributed by atoms with Gasteiger partial charge in [-0.05, 0) is 55.5 Å². The first-order chi connectivity index (χ1) is 9.13. The molecule has 1 heterocycles. The average molecular weight is 463 g/mol. The third kappa shape index (κ3) is 5.67. The molecule has 2 atom stereocenters. The van der Waals surface area contributed by atoms with Gasteiger partial charge in [-0.1, -0.05) is 26.3 Å². The predicted octanol–water partition coefficient (Wildman–Crippen LogP) is 5.05. The van der Waals surface area contributed by atoms with E-state index in [4.69, 9.17) is 0 Å². The Morgan fingerprint density at radius 3 is 2.29 bits per heavy atom. The topological polar surface area (TPSA) is 15.3 Å². The minimum absolute atomic E-state index is 0. The summed E-state index contributed by atoms with van der Waals surface area (Å²) in [5, 5.41) is 3.44. The lowest BCUT2D eigenvalue weighted by atomic mass is 9.90. The monoisotopic (exact) mass is 460 g/mol. The number of nitrogens with zero attached hydrogens (tertiary/aromatic N) is 1. The number of hydrogen-bond acceptors (Lipinski definition) is 2. The van der Waals surface area contributed by atoms with Gasteiger partial charge in [0.15, 0.2) is 0 Å². The summed E-state index contributed by atoms with van der Waals surface area (Å²) < 4.78 is 2.27. The maximum atomic E-state index is 3.63. The summed E-state index contributed by atoms with van der Waals surface area (Å²) in [7, 11) is 0. The van der Waals surface area contributed by atoms with Crippen molar-refractivity contribution in [2.24, 2.45) is 5.92 Å². The SMILES string of the molecule is CCC(C)[C@H](c1ccc(Br)c(Br)c1)N1CCNCC1.Cl.Cl. The van der Waals surface area contributed by atoms with Crippen LogP contribution in [0.3, 0.4) is 0 Å². The maximum absolute atomic E-state index is 3.63. The van der Waals surface area contributed by atoms with E-state index in [1.165, 1.54) is 12.0 Å². The van der Waals surface area contributed by atoms with Gasteiger partial charge >= 0.3 is 0 Å². The van der Waals surface area contributed by atoms with Gasteiger partial charge in [-0.25, -0.2) is 0 Å². The van der Waals surface area contributed by atoms with Crippen molar-refractivity contribution in [3.8, 4) is 0 Å². The molecule has 122 valence electrons. The van der Waals surface area contributed by atoms with Crippen molar-refractivity contribution in [1.82, 2.24) is 10.2 Å². The molecule has 1 saturated heterocycles. The van der Waals surface area contributed by atoms with Crippen molar-refractivity contribution in [3.63, 3.8) is 0 Å². The Balaban J connectivity index is 0.00000200. The second kappa shape index (κ2) is 10.5. The number of piperazine rings is 1. The zero-order chi connectivity index (χ0) is 13.8. The fourth-order valence-corrected chi connectivity index (χ4v) is 3.42. The van der Waals surface area contributed by atoms with E-state index >= 15 is 0 Å². The molecule has 0 aromatic heterocycles. The van der Waals surface area contributed by atoms with Crippen LogP contribution in [0, 0.1) is 5.92 Å². The Hall–Kier alpha value is 0.680. The second-order valence-electron chi connectivity index (χ2n) is 5.29. The highest BCUT2D eigenvalue weighted by Gasteiger charge is 2.26. The molecule has 1 fully saturated rings. The van der Waals surface area contributed by atoms with Crippen LogP contribution in [-0.4, -0.2) is 31.1 Å². The van der Waals surface area contributed by atoms with Gasteiger partial charge in [0.25, 0.3) is 0 Å². The lowest BCUT2D eigenvalue weighted by Crippen LogP contribution is -2.46. The van der Waals surface area contributed by atoms with Crippen molar-refractivity contribution in [2.75, 3.05) is 26.2 Å². The molecule has 21 heavy (non-hydrogen) atoms. The molecule has 0 radical (unpaired) electrons. The fourth-order valence-electron chi connectivity index (χ4n) is 2.78. The third-order valence-electron chi connectivity index (χ3n) is 4.01. The fraction of sp³-hybridized carbons (Fsp3) is 0.600. The summed E-state index contributed by atoms with van der Waals surface area (Å²) >= 11 is 7.19. The van der Waals surface area contributed by atoms with Gasteiger partial charge in [-0.15, -0.1) is 24.8 Å². The maximum Gasteiger partial charge on any atom is 0.0375 e. The molecule has 1 unspecified atom stereocenters. The summed E-state index contributed by atoms with van der Waals surface area (Å²) in [5.74, 6) is 0.672. The summed E-state index contributed by atoms with van der Waals surface area (Å²) in [5.41, 5.74) is 1.42. The van der Waals surface area contributed by atoms with Crippen LogP contribution in [0.1, 0.15) is 31.9 Å². The van der Waals surface area contributed by atoms with Crippen molar-refractivity contribution >= 4 is 56.7 Å². The van der Waals surface area contributed by atoms with Crippen LogP contribution >= 0.6 is 56.7 Å². The van der Waals surface area contributed by atoms with Gasteiger partial charge < -0.3 is 5.32 Å². The van der Waals surface area contributed by atoms with E-state index in [0.717, 1.165) is 35.1 Å². The summed E-state index contributed by atoms with van der Waals surface area (Å²) in [6.45, 7) is 9.14. The summed E-state index contributed by atoms with van der Waals surface area (Å²) in [6, 6.07) is 7.20. The molecule has 2 rings (SSSR count). The minimum atomic E-state index is 0. The Morgan fingerprint density at radius 2 is 1.76 bits per heavy atom. The zero-order valence-corrected chi connectivity index (χ0v) is 17.2. The largest absolute Gasteiger partial charge is 0.314 e. The molecule has 0 aliphatic carbocycles. The molecular formula is C15H24Br2Cl2N2. The highest BCUT2D eigenvalue weighted by atomic mass is 79.9. The molecule has 0 bridgehead atoms. The molecule has 0 spiro atoms. The first-order valence-corrected chi connectivity index (χ1v) is 8.61. The number of hydrogen-bond donors (Lipinski definition) is 1. The highest BCUT2D eigenvalue weighted by molar-refractivity contribution is 9.13. The van der Waals surface area contributed by atoms with Gasteiger partial charge in [-0.2, -0.15) is 0 Å². The molecule has 1 N–H and O–H groups in total. The van der Waals surface area contributed by atoms with Gasteiger partial charge in [0.05, 0.1) is 0 Å². The first kappa shape index (κ1) is 21.7. The molecule has 1 aromatic rings. The van der Waals surface area contributed by atoms with Crippen molar-refractivity contribution in [3.05, 3.63) is 32.7 Å². The molecule has 1 aromatic carbocycles. The normalized spacial score (nSPS) is 18.3. The van der Waals surface area contributed by atoms with Crippen LogP contribution < -0.4 is 5.32 Å². The standard InChI is InChI=1S/C15H22Br2N2.2ClH/c1-3-11(2)15(19-8-6-18-7-9-19)12-4-5-13(16)14(17)10-12;;/h4-5,10-11,15,18H,3,6-9H2,1-2H3;2*1H/t11?,15-;;/m1../s1. The van der Waals surface area contributed by atoms with E-state index < -0.39 is 0 Å². The first-order valence-electron chi connectivity index (χ1n) is 7.03. The van der Waals surface area contributed by atoms with Crippen molar-refractivity contribution in [1.29, 1.82) is 0 Å². The summed E-state index contributed by atoms with van der Waals surface area (Å²) in [6.07, 6.45) is 1.21. The smallest absolute Gasteiger partial charge is 0.0375 e. The van der Waals surface area contributed by atoms with Gasteiger partial charge in [0.2, 0.25) is 0 Å². The third-order valence-corrected chi connectivity index (χ3v) is 5.89. The molecule has 6 heteroatoms. The Labute approximate surface area is 157 Å². The van der Waals surface area contributed by atoms with Crippen LogP contribution in [-0.2, 0) is 0 Å². The molecule has 1 aliphatic heterocycles. The molecule has 0 saturated carbocycles. The number of rotatable bonds is 4. The lowest BCUT2D eigenvalue weighted by Gasteiger charge is -2.38. The van der Waals surface area contributed by atoms with Crippen LogP contribution in [0.15, 0.2) is 27.1 Å². The van der Waals surface area contributed by atoms with E-state index in [2.05, 4.69) is 74.1 Å². The quantitative estimate of drug-likeness (QED) is 0.673. The number of nitrogens with one attached hydrogen (secondary N) is 1. The van der Waals surface area contributed by atoms with Crippen molar-refractivity contribution in [2.45, 2.75) is 26.3 Å². The van der Waals surface area contributed by atoms with Crippen LogP contribution in [0.25, 0.3) is 0 Å². The highest BCUT2D eigenvalue weighted by Crippen LogP contribution is 2.34. The lowest BCUT2D eigenvalue weighted by molar-refractivity contribution is 0.128. The second-order valence-corrected chi connectivity index (χ2v) is 7.00. The van der Waals surface area contributed by atoms with E-state index in [0.29, 0.717) is 12.0 Å². The molecule has 1 aliphatic rings. The Kier molecular flexibility index (Phi) is 10.8. The van der Waals surface area contributed by atoms with Crippen molar-refractivity contribution < 1.29 is 0 Å². The van der Waals surface area contributed by atoms with Gasteiger partial charge in [0, 0.05) is 41.2 Å². The van der Waals surface area contributed by atoms with E-state index in [9.17, 15) is 0 Å². The predicted molar refractivity (Wildman–Crippen MR) is 103 cm³/mol. The van der Waals surface area contributed by atoms with Gasteiger partial charge in [0.1, 0.15) is 0 Å². The molecule has 0 amide bonds. The average Bonchev–Trinajstić information content (AvgIpc) is 2.44. The molecular weight excluding hydrogens is 439 g/mol. The zero-order valence-electron chi connectivity index (χ0n) is 12.4. The Morgan fingerprint density at radius 1 is 1.14 bits per heavy atom. The van der Waals surface area contributed by atoms with Crippen LogP contribution in [0.2, 0.25) is 0 Å². The van der Waals surface area contributed by atoms with Crippen LogP contribution in [0.4, 0.5) is 0 Å². The number of benzene rings is 1. The Bertz CT molecular complexity index is 426.